The Morgan fingerprint density at radius 3 is 3.00 bits per heavy atom. The van der Waals surface area contributed by atoms with Crippen molar-refractivity contribution in [3.63, 3.8) is 0 Å². The van der Waals surface area contributed by atoms with Crippen molar-refractivity contribution in [2.24, 2.45) is 0 Å². The predicted octanol–water partition coefficient (Wildman–Crippen LogP) is 4.11. The number of aromatic amines is 1. The number of rotatable bonds is 5. The largest absolute Gasteiger partial charge is 0.358 e. The van der Waals surface area contributed by atoms with Gasteiger partial charge in [-0.25, -0.2) is 9.37 Å². The van der Waals surface area contributed by atoms with Gasteiger partial charge in [0, 0.05) is 41.1 Å². The highest BCUT2D eigenvalue weighted by atomic mass is 32.1. The van der Waals surface area contributed by atoms with E-state index in [9.17, 15) is 9.18 Å². The van der Waals surface area contributed by atoms with Crippen LogP contribution in [0, 0.1) is 12.7 Å². The molecule has 4 aromatic rings. The molecule has 2 N–H and O–H groups in total. The lowest BCUT2D eigenvalue weighted by Gasteiger charge is -2.04. The summed E-state index contributed by atoms with van der Waals surface area (Å²) in [5.74, 6) is -0.579. The number of nitrogens with one attached hydrogen (secondary N) is 2. The number of H-pyrrole nitrogens is 1. The van der Waals surface area contributed by atoms with Crippen LogP contribution in [0.2, 0.25) is 0 Å². The van der Waals surface area contributed by atoms with Crippen LogP contribution in [0.3, 0.4) is 0 Å². The van der Waals surface area contributed by atoms with Gasteiger partial charge in [0.2, 0.25) is 0 Å². The van der Waals surface area contributed by atoms with E-state index in [1.165, 1.54) is 23.5 Å². The molecule has 1 amide bonds. The summed E-state index contributed by atoms with van der Waals surface area (Å²) < 4.78 is 13.5. The number of carbonyl (C=O) groups excluding carboxylic acids is 1. The Morgan fingerprint density at radius 2 is 2.19 bits per heavy atom. The molecule has 0 fully saturated rings. The van der Waals surface area contributed by atoms with Crippen LogP contribution >= 0.6 is 11.3 Å². The number of aromatic nitrogens is 3. The van der Waals surface area contributed by atoms with Crippen LogP contribution in [0.5, 0.6) is 0 Å². The molecule has 0 saturated heterocycles. The van der Waals surface area contributed by atoms with Gasteiger partial charge in [-0.1, -0.05) is 6.07 Å². The monoisotopic (exact) mass is 380 g/mol. The quantitative estimate of drug-likeness (QED) is 0.547. The minimum Gasteiger partial charge on any atom is -0.358 e. The predicted molar refractivity (Wildman–Crippen MR) is 104 cm³/mol. The van der Waals surface area contributed by atoms with Gasteiger partial charge in [-0.05, 0) is 37.3 Å². The van der Waals surface area contributed by atoms with Crippen LogP contribution in [0.1, 0.15) is 21.7 Å². The fraction of sp³-hybridized carbons (Fsp3) is 0.150. The zero-order chi connectivity index (χ0) is 18.8. The highest BCUT2D eigenvalue weighted by Gasteiger charge is 2.16. The fourth-order valence-corrected chi connectivity index (χ4v) is 3.84. The molecule has 0 aliphatic heterocycles. The SMILES string of the molecule is Cc1[nH]c2ccc(F)cc2c1C(=O)NCCc1csc(-c2ccccn2)n1. The number of fused-ring (bicyclic) bond motifs is 1. The number of carbonyl (C=O) groups is 1. The van der Waals surface area contributed by atoms with Crippen molar-refractivity contribution in [3.05, 3.63) is 70.7 Å². The van der Waals surface area contributed by atoms with Gasteiger partial charge in [-0.3, -0.25) is 9.78 Å². The molecule has 0 unspecified atom stereocenters. The Kier molecular flexibility index (Phi) is 4.68. The number of hydrogen-bond acceptors (Lipinski definition) is 4. The Balaban J connectivity index is 1.43. The summed E-state index contributed by atoms with van der Waals surface area (Å²) in [5.41, 5.74) is 3.70. The van der Waals surface area contributed by atoms with Gasteiger partial charge < -0.3 is 10.3 Å². The molecule has 3 heterocycles. The maximum atomic E-state index is 13.5. The van der Waals surface area contributed by atoms with Crippen molar-refractivity contribution in [2.45, 2.75) is 13.3 Å². The number of nitrogens with zero attached hydrogens (tertiary/aromatic N) is 2. The Labute approximate surface area is 159 Å². The molecule has 0 saturated carbocycles. The fourth-order valence-electron chi connectivity index (χ4n) is 3.01. The zero-order valence-electron chi connectivity index (χ0n) is 14.6. The van der Waals surface area contributed by atoms with Crippen LogP contribution in [-0.4, -0.2) is 27.4 Å². The molecule has 136 valence electrons. The Bertz CT molecular complexity index is 1100. The molecule has 0 atom stereocenters. The average molecular weight is 380 g/mol. The topological polar surface area (TPSA) is 70.7 Å². The second-order valence-corrected chi connectivity index (χ2v) is 7.04. The Hall–Kier alpha value is -3.06. The number of aryl methyl sites for hydroxylation is 1. The van der Waals surface area contributed by atoms with Crippen LogP contribution in [0.15, 0.2) is 48.0 Å². The third-order valence-electron chi connectivity index (χ3n) is 4.28. The van der Waals surface area contributed by atoms with Gasteiger partial charge in [0.15, 0.2) is 0 Å². The van der Waals surface area contributed by atoms with E-state index in [0.717, 1.165) is 27.6 Å². The molecule has 0 radical (unpaired) electrons. The third-order valence-corrected chi connectivity index (χ3v) is 5.19. The second kappa shape index (κ2) is 7.28. The molecular weight excluding hydrogens is 363 g/mol. The van der Waals surface area contributed by atoms with Crippen molar-refractivity contribution in [2.75, 3.05) is 6.54 Å². The summed E-state index contributed by atoms with van der Waals surface area (Å²) >= 11 is 1.53. The maximum Gasteiger partial charge on any atom is 0.253 e. The molecule has 4 rings (SSSR count). The first-order valence-corrected chi connectivity index (χ1v) is 9.41. The Morgan fingerprint density at radius 1 is 1.30 bits per heavy atom. The van der Waals surface area contributed by atoms with Crippen LogP contribution in [0.25, 0.3) is 21.6 Å². The normalized spacial score (nSPS) is 11.0. The summed E-state index contributed by atoms with van der Waals surface area (Å²) in [6.07, 6.45) is 2.35. The number of amides is 1. The standard InChI is InChI=1S/C20H17FN4OS/c1-12-18(15-10-13(21)5-6-16(15)24-12)19(26)23-9-7-14-11-27-20(25-14)17-4-2-3-8-22-17/h2-6,8,10-11,24H,7,9H2,1H3,(H,23,26). The van der Waals surface area contributed by atoms with E-state index in [2.05, 4.69) is 20.3 Å². The van der Waals surface area contributed by atoms with E-state index in [1.807, 2.05) is 30.5 Å². The number of hydrogen-bond donors (Lipinski definition) is 2. The number of thiazole rings is 1. The molecule has 0 bridgehead atoms. The highest BCUT2D eigenvalue weighted by Crippen LogP contribution is 2.23. The van der Waals surface area contributed by atoms with Crippen molar-refractivity contribution in [1.82, 2.24) is 20.3 Å². The van der Waals surface area contributed by atoms with E-state index >= 15 is 0 Å². The molecule has 0 spiro atoms. The van der Waals surface area contributed by atoms with Crippen molar-refractivity contribution < 1.29 is 9.18 Å². The van der Waals surface area contributed by atoms with Crippen molar-refractivity contribution >= 4 is 28.1 Å². The van der Waals surface area contributed by atoms with Gasteiger partial charge in [-0.15, -0.1) is 11.3 Å². The zero-order valence-corrected chi connectivity index (χ0v) is 15.4. The first-order chi connectivity index (χ1) is 13.1. The van der Waals surface area contributed by atoms with E-state index in [4.69, 9.17) is 0 Å². The van der Waals surface area contributed by atoms with Gasteiger partial charge >= 0.3 is 0 Å². The van der Waals surface area contributed by atoms with Gasteiger partial charge in [0.1, 0.15) is 10.8 Å². The van der Waals surface area contributed by atoms with Gasteiger partial charge in [-0.2, -0.15) is 0 Å². The van der Waals surface area contributed by atoms with Crippen molar-refractivity contribution in [3.8, 4) is 10.7 Å². The lowest BCUT2D eigenvalue weighted by atomic mass is 10.1. The highest BCUT2D eigenvalue weighted by molar-refractivity contribution is 7.13. The number of halogens is 1. The lowest BCUT2D eigenvalue weighted by molar-refractivity contribution is 0.0955. The van der Waals surface area contributed by atoms with Gasteiger partial charge in [0.25, 0.3) is 5.91 Å². The summed E-state index contributed by atoms with van der Waals surface area (Å²) in [6, 6.07) is 10.1. The minimum atomic E-state index is -0.361. The average Bonchev–Trinajstić information content (AvgIpc) is 3.26. The molecule has 0 aliphatic rings. The molecule has 3 aromatic heterocycles. The van der Waals surface area contributed by atoms with E-state index < -0.39 is 0 Å². The van der Waals surface area contributed by atoms with Crippen LogP contribution < -0.4 is 5.32 Å². The molecule has 1 aromatic carbocycles. The summed E-state index contributed by atoms with van der Waals surface area (Å²) in [7, 11) is 0. The lowest BCUT2D eigenvalue weighted by Crippen LogP contribution is -2.26. The van der Waals surface area contributed by atoms with Crippen molar-refractivity contribution in [1.29, 1.82) is 0 Å². The smallest absolute Gasteiger partial charge is 0.253 e. The number of benzene rings is 1. The maximum absolute atomic E-state index is 13.5. The van der Waals surface area contributed by atoms with Gasteiger partial charge in [0.05, 0.1) is 17.0 Å². The van der Waals surface area contributed by atoms with Crippen LogP contribution in [0.4, 0.5) is 4.39 Å². The molecule has 27 heavy (non-hydrogen) atoms. The molecule has 0 aliphatic carbocycles. The molecule has 5 nitrogen and oxygen atoms in total. The summed E-state index contributed by atoms with van der Waals surface area (Å²) in [6.45, 7) is 2.26. The summed E-state index contributed by atoms with van der Waals surface area (Å²) in [4.78, 5) is 24.6. The van der Waals surface area contributed by atoms with E-state index in [0.29, 0.717) is 23.9 Å². The first kappa shape index (κ1) is 17.4. The summed E-state index contributed by atoms with van der Waals surface area (Å²) in [5, 5.41) is 6.33. The first-order valence-electron chi connectivity index (χ1n) is 8.53. The minimum absolute atomic E-state index is 0.218. The third kappa shape index (κ3) is 3.59. The van der Waals surface area contributed by atoms with E-state index in [-0.39, 0.29) is 11.7 Å². The number of pyridine rings is 1. The second-order valence-electron chi connectivity index (χ2n) is 6.18. The molecular formula is C20H17FN4OS. The van der Waals surface area contributed by atoms with E-state index in [1.54, 1.807) is 12.3 Å². The van der Waals surface area contributed by atoms with Crippen LogP contribution in [-0.2, 0) is 6.42 Å². The molecule has 7 heteroatoms.